The minimum absolute atomic E-state index is 0.268. The molecule has 0 saturated heterocycles. The van der Waals surface area contributed by atoms with Gasteiger partial charge in [0.15, 0.2) is 5.16 Å². The number of H-pyrrole nitrogens is 2. The smallest absolute Gasteiger partial charge is 0.325 e. The summed E-state index contributed by atoms with van der Waals surface area (Å²) >= 11 is 1.45. The summed E-state index contributed by atoms with van der Waals surface area (Å²) in [4.78, 5) is 27.6. The van der Waals surface area contributed by atoms with Gasteiger partial charge in [0.1, 0.15) is 11.6 Å². The normalized spacial score (nSPS) is 10.8. The van der Waals surface area contributed by atoms with E-state index in [4.69, 9.17) is 4.74 Å². The lowest BCUT2D eigenvalue weighted by Gasteiger charge is -2.10. The van der Waals surface area contributed by atoms with Gasteiger partial charge in [0, 0.05) is 24.2 Å². The van der Waals surface area contributed by atoms with Gasteiger partial charge >= 0.3 is 5.69 Å². The Labute approximate surface area is 140 Å². The molecule has 0 atom stereocenters. The number of methoxy groups -OCH3 is 1. The van der Waals surface area contributed by atoms with Crippen LogP contribution in [-0.4, -0.2) is 38.1 Å². The van der Waals surface area contributed by atoms with Crippen LogP contribution >= 0.6 is 11.8 Å². The number of hydrogen-bond acceptors (Lipinski definition) is 6. The van der Waals surface area contributed by atoms with Crippen molar-refractivity contribution < 1.29 is 4.74 Å². The third kappa shape index (κ3) is 3.25. The maximum Gasteiger partial charge on any atom is 0.325 e. The first-order valence-electron chi connectivity index (χ1n) is 7.06. The first kappa shape index (κ1) is 16.1. The molecule has 0 aliphatic heterocycles. The fourth-order valence-electron chi connectivity index (χ4n) is 2.34. The molecule has 1 aromatic carbocycles. The van der Waals surface area contributed by atoms with Crippen LogP contribution in [0.15, 0.2) is 45.1 Å². The molecule has 0 fully saturated rings. The van der Waals surface area contributed by atoms with Crippen LogP contribution in [0.5, 0.6) is 5.75 Å². The lowest BCUT2D eigenvalue weighted by molar-refractivity contribution is 0.414. The van der Waals surface area contributed by atoms with Gasteiger partial charge in [-0.2, -0.15) is 0 Å². The van der Waals surface area contributed by atoms with Gasteiger partial charge in [-0.15, -0.1) is 10.2 Å². The maximum atomic E-state index is 11.5. The van der Waals surface area contributed by atoms with Crippen molar-refractivity contribution in [2.24, 2.45) is 0 Å². The molecule has 0 amide bonds. The topological polar surface area (TPSA) is 106 Å². The largest absolute Gasteiger partial charge is 0.497 e. The first-order valence-corrected chi connectivity index (χ1v) is 8.28. The molecule has 9 heteroatoms. The summed E-state index contributed by atoms with van der Waals surface area (Å²) in [7, 11) is 1.60. The Morgan fingerprint density at radius 1 is 1.21 bits per heavy atom. The van der Waals surface area contributed by atoms with Crippen LogP contribution in [0.1, 0.15) is 11.5 Å². The summed E-state index contributed by atoms with van der Waals surface area (Å²) in [6.07, 6.45) is 2.17. The third-order valence-corrected chi connectivity index (χ3v) is 3.99. The third-order valence-electron chi connectivity index (χ3n) is 3.36. The quantitative estimate of drug-likeness (QED) is 0.668. The molecule has 8 nitrogen and oxygen atoms in total. The van der Waals surface area contributed by atoms with Gasteiger partial charge in [0.2, 0.25) is 0 Å². The van der Waals surface area contributed by atoms with Crippen molar-refractivity contribution in [3.05, 3.63) is 62.7 Å². The van der Waals surface area contributed by atoms with Crippen LogP contribution in [0.4, 0.5) is 0 Å². The van der Waals surface area contributed by atoms with E-state index in [1.54, 1.807) is 7.11 Å². The summed E-state index contributed by atoms with van der Waals surface area (Å²) in [5, 5.41) is 9.05. The molecule has 0 aliphatic carbocycles. The molecule has 124 valence electrons. The molecule has 2 aromatic heterocycles. The van der Waals surface area contributed by atoms with E-state index >= 15 is 0 Å². The highest BCUT2D eigenvalue weighted by Crippen LogP contribution is 2.24. The van der Waals surface area contributed by atoms with E-state index in [2.05, 4.69) is 20.2 Å². The average Bonchev–Trinajstić information content (AvgIpc) is 2.96. The Bertz CT molecular complexity index is 947. The summed E-state index contributed by atoms with van der Waals surface area (Å²) in [6.45, 7) is 0. The number of nitrogens with one attached hydrogen (secondary N) is 2. The van der Waals surface area contributed by atoms with E-state index in [9.17, 15) is 9.59 Å². The second-order valence-corrected chi connectivity index (χ2v) is 5.70. The molecule has 0 bridgehead atoms. The number of aromatic amines is 2. The van der Waals surface area contributed by atoms with E-state index < -0.39 is 11.2 Å². The number of nitrogens with zero attached hydrogens (tertiary/aromatic N) is 3. The Balaban J connectivity index is 2.07. The van der Waals surface area contributed by atoms with Crippen LogP contribution < -0.4 is 16.0 Å². The van der Waals surface area contributed by atoms with E-state index in [0.717, 1.165) is 5.69 Å². The standard InChI is InChI=1S/C15H15N5O3S/c1-23-11-5-3-4-10(8-11)20-12(18-19-15(20)24-2)6-9-7-13(21)17-14(22)16-9/h3-5,7-8H,6H2,1-2H3,(H2,16,17,21,22). The fraction of sp³-hybridized carbons (Fsp3) is 0.200. The fourth-order valence-corrected chi connectivity index (χ4v) is 2.86. The number of ether oxygens (including phenoxy) is 1. The highest BCUT2D eigenvalue weighted by Gasteiger charge is 2.15. The van der Waals surface area contributed by atoms with Gasteiger partial charge in [0.05, 0.1) is 12.8 Å². The van der Waals surface area contributed by atoms with Crippen molar-refractivity contribution in [3.8, 4) is 11.4 Å². The van der Waals surface area contributed by atoms with Crippen LogP contribution in [0.3, 0.4) is 0 Å². The van der Waals surface area contributed by atoms with Crippen molar-refractivity contribution >= 4 is 11.8 Å². The average molecular weight is 345 g/mol. The zero-order valence-corrected chi connectivity index (χ0v) is 13.9. The van der Waals surface area contributed by atoms with Crippen LogP contribution in [-0.2, 0) is 6.42 Å². The van der Waals surface area contributed by atoms with Crippen LogP contribution in [0.2, 0.25) is 0 Å². The molecule has 0 saturated carbocycles. The van der Waals surface area contributed by atoms with Gasteiger partial charge in [-0.05, 0) is 18.4 Å². The van der Waals surface area contributed by atoms with E-state index in [0.29, 0.717) is 22.4 Å². The lowest BCUT2D eigenvalue weighted by atomic mass is 10.2. The second-order valence-electron chi connectivity index (χ2n) is 4.93. The van der Waals surface area contributed by atoms with Crippen LogP contribution in [0, 0.1) is 0 Å². The number of hydrogen-bond donors (Lipinski definition) is 2. The number of thioether (sulfide) groups is 1. The SMILES string of the molecule is COc1cccc(-n2c(Cc3cc(=O)[nH]c(=O)[nH]3)nnc2SC)c1. The molecule has 0 spiro atoms. The van der Waals surface area contributed by atoms with E-state index in [-0.39, 0.29) is 6.42 Å². The summed E-state index contributed by atoms with van der Waals surface area (Å²) in [5.74, 6) is 1.32. The van der Waals surface area contributed by atoms with Crippen LogP contribution in [0.25, 0.3) is 5.69 Å². The van der Waals surface area contributed by atoms with Crippen molar-refractivity contribution in [1.29, 1.82) is 0 Å². The molecule has 0 aliphatic rings. The number of benzene rings is 1. The van der Waals surface area contributed by atoms with E-state index in [1.165, 1.54) is 17.8 Å². The van der Waals surface area contributed by atoms with Gasteiger partial charge in [-0.3, -0.25) is 14.3 Å². The predicted molar refractivity (Wildman–Crippen MR) is 90.2 cm³/mol. The minimum atomic E-state index is -0.546. The number of aromatic nitrogens is 5. The molecular weight excluding hydrogens is 330 g/mol. The molecular formula is C15H15N5O3S. The zero-order chi connectivity index (χ0) is 17.1. The van der Waals surface area contributed by atoms with Gasteiger partial charge < -0.3 is 9.72 Å². The maximum absolute atomic E-state index is 11.5. The molecule has 2 heterocycles. The van der Waals surface area contributed by atoms with Gasteiger partial charge in [0.25, 0.3) is 5.56 Å². The Morgan fingerprint density at radius 2 is 2.04 bits per heavy atom. The summed E-state index contributed by atoms with van der Waals surface area (Å²) < 4.78 is 7.13. The first-order chi connectivity index (χ1) is 11.6. The van der Waals surface area contributed by atoms with Crippen molar-refractivity contribution in [2.45, 2.75) is 11.6 Å². The van der Waals surface area contributed by atoms with Crippen molar-refractivity contribution in [1.82, 2.24) is 24.7 Å². The monoisotopic (exact) mass is 345 g/mol. The molecule has 0 unspecified atom stereocenters. The lowest BCUT2D eigenvalue weighted by Crippen LogP contribution is -2.23. The Morgan fingerprint density at radius 3 is 2.75 bits per heavy atom. The van der Waals surface area contributed by atoms with E-state index in [1.807, 2.05) is 35.1 Å². The Hall–Kier alpha value is -2.81. The number of rotatable bonds is 5. The second kappa shape index (κ2) is 6.75. The van der Waals surface area contributed by atoms with Crippen molar-refractivity contribution in [2.75, 3.05) is 13.4 Å². The minimum Gasteiger partial charge on any atom is -0.497 e. The highest BCUT2D eigenvalue weighted by molar-refractivity contribution is 7.98. The zero-order valence-electron chi connectivity index (χ0n) is 13.1. The summed E-state index contributed by atoms with van der Waals surface area (Å²) in [6, 6.07) is 8.84. The van der Waals surface area contributed by atoms with Crippen molar-refractivity contribution in [3.63, 3.8) is 0 Å². The summed E-state index contributed by atoms with van der Waals surface area (Å²) in [5.41, 5.74) is 0.306. The predicted octanol–water partition coefficient (Wildman–Crippen LogP) is 0.965. The molecule has 0 radical (unpaired) electrons. The molecule has 3 rings (SSSR count). The van der Waals surface area contributed by atoms with Gasteiger partial charge in [-0.25, -0.2) is 4.79 Å². The highest BCUT2D eigenvalue weighted by atomic mass is 32.2. The van der Waals surface area contributed by atoms with Gasteiger partial charge in [-0.1, -0.05) is 17.8 Å². The molecule has 24 heavy (non-hydrogen) atoms. The molecule has 3 aromatic rings. The Kier molecular flexibility index (Phi) is 4.52. The molecule has 2 N–H and O–H groups in total.